The monoisotopic (exact) mass is 511 g/mol. The van der Waals surface area contributed by atoms with Crippen LogP contribution in [0.1, 0.15) is 17.5 Å². The minimum atomic E-state index is -4.68. The number of ether oxygens (including phenoxy) is 1. The number of nitrogens with one attached hydrogen (secondary N) is 1. The van der Waals surface area contributed by atoms with Gasteiger partial charge >= 0.3 is 12.1 Å². The van der Waals surface area contributed by atoms with E-state index < -0.39 is 27.7 Å². The van der Waals surface area contributed by atoms with E-state index in [9.17, 15) is 26.4 Å². The Morgan fingerprint density at radius 3 is 2.47 bits per heavy atom. The van der Waals surface area contributed by atoms with Gasteiger partial charge in [0.25, 0.3) is 10.0 Å². The molecule has 0 amide bonds. The Labute approximate surface area is 198 Å². The molecule has 0 saturated heterocycles. The highest BCUT2D eigenvalue weighted by Gasteiger charge is 2.35. The first kappa shape index (κ1) is 25.5. The molecule has 1 N–H and O–H groups in total. The van der Waals surface area contributed by atoms with Crippen molar-refractivity contribution < 1.29 is 31.1 Å². The summed E-state index contributed by atoms with van der Waals surface area (Å²) in [6.07, 6.45) is -4.56. The predicted molar refractivity (Wildman–Crippen MR) is 122 cm³/mol. The lowest BCUT2D eigenvalue weighted by Gasteiger charge is -2.16. The molecule has 0 radical (unpaired) electrons. The first-order chi connectivity index (χ1) is 16.0. The van der Waals surface area contributed by atoms with Crippen LogP contribution >= 0.6 is 11.8 Å². The average Bonchev–Trinajstić information content (AvgIpc) is 2.78. The second-order valence-corrected chi connectivity index (χ2v) is 9.74. The second kappa shape index (κ2) is 10.4. The van der Waals surface area contributed by atoms with Crippen LogP contribution in [0.3, 0.4) is 0 Å². The van der Waals surface area contributed by atoms with E-state index in [1.54, 1.807) is 31.2 Å². The van der Waals surface area contributed by atoms with Crippen LogP contribution in [0.2, 0.25) is 0 Å². The summed E-state index contributed by atoms with van der Waals surface area (Å²) in [6.45, 7) is 1.64. The first-order valence-corrected chi connectivity index (χ1v) is 12.3. The number of aryl methyl sites for hydroxylation is 1. The molecular weight excluding hydrogens is 491 g/mol. The lowest BCUT2D eigenvalue weighted by molar-refractivity contribution is -0.140. The lowest BCUT2D eigenvalue weighted by atomic mass is 10.0. The molecule has 7 nitrogen and oxygen atoms in total. The number of alkyl halides is 3. The third-order valence-corrected chi connectivity index (χ3v) is 6.78. The first-order valence-electron chi connectivity index (χ1n) is 9.85. The number of thioether (sulfide) groups is 1. The SMILES string of the molecule is COC(=O)CCSc1cccc(S(=O)(=O)Nc2ccc(C(F)(F)F)c(-c3ccccc3C)n2)n1. The number of carbonyl (C=O) groups excluding carboxylic acids is 1. The van der Waals surface area contributed by atoms with Crippen molar-refractivity contribution >= 4 is 33.6 Å². The Hall–Kier alpha value is -3.12. The van der Waals surface area contributed by atoms with Crippen molar-refractivity contribution in [3.8, 4) is 11.3 Å². The van der Waals surface area contributed by atoms with Gasteiger partial charge in [-0.2, -0.15) is 21.6 Å². The van der Waals surface area contributed by atoms with E-state index >= 15 is 0 Å². The Morgan fingerprint density at radius 1 is 1.06 bits per heavy atom. The van der Waals surface area contributed by atoms with Crippen LogP contribution in [0.5, 0.6) is 0 Å². The third kappa shape index (κ3) is 6.26. The Balaban J connectivity index is 1.90. The van der Waals surface area contributed by atoms with Crippen molar-refractivity contribution in [2.45, 2.75) is 29.6 Å². The van der Waals surface area contributed by atoms with E-state index in [0.29, 0.717) is 16.3 Å². The molecule has 0 aliphatic heterocycles. The van der Waals surface area contributed by atoms with Gasteiger partial charge < -0.3 is 4.74 Å². The van der Waals surface area contributed by atoms with Gasteiger partial charge in [0.1, 0.15) is 5.82 Å². The number of hydrogen-bond acceptors (Lipinski definition) is 7. The van der Waals surface area contributed by atoms with Crippen molar-refractivity contribution in [3.63, 3.8) is 0 Å². The molecule has 0 bridgehead atoms. The molecule has 12 heteroatoms. The number of sulfonamides is 1. The smallest absolute Gasteiger partial charge is 0.418 e. The number of benzene rings is 1. The molecule has 2 heterocycles. The fourth-order valence-electron chi connectivity index (χ4n) is 2.95. The summed E-state index contributed by atoms with van der Waals surface area (Å²) < 4.78 is 73.3. The van der Waals surface area contributed by atoms with Crippen LogP contribution in [0.4, 0.5) is 19.0 Å². The summed E-state index contributed by atoms with van der Waals surface area (Å²) in [5.74, 6) is -0.357. The fourth-order valence-corrected chi connectivity index (χ4v) is 4.79. The van der Waals surface area contributed by atoms with Gasteiger partial charge in [0.05, 0.1) is 29.8 Å². The average molecular weight is 512 g/mol. The topological polar surface area (TPSA) is 98.2 Å². The van der Waals surface area contributed by atoms with Crippen LogP contribution in [0.15, 0.2) is 64.6 Å². The number of methoxy groups -OCH3 is 1. The third-order valence-electron chi connectivity index (χ3n) is 4.60. The zero-order valence-corrected chi connectivity index (χ0v) is 19.7. The molecule has 0 aliphatic carbocycles. The van der Waals surface area contributed by atoms with E-state index in [4.69, 9.17) is 0 Å². The van der Waals surface area contributed by atoms with Crippen molar-refractivity contribution in [1.82, 2.24) is 9.97 Å². The van der Waals surface area contributed by atoms with Gasteiger partial charge in [0.15, 0.2) is 5.03 Å². The zero-order valence-electron chi connectivity index (χ0n) is 18.1. The highest BCUT2D eigenvalue weighted by molar-refractivity contribution is 7.99. The Morgan fingerprint density at radius 2 is 1.79 bits per heavy atom. The molecule has 34 heavy (non-hydrogen) atoms. The number of esters is 1. The van der Waals surface area contributed by atoms with Crippen LogP contribution in [0.25, 0.3) is 11.3 Å². The van der Waals surface area contributed by atoms with Crippen molar-refractivity contribution in [2.24, 2.45) is 0 Å². The minimum absolute atomic E-state index is 0.120. The maximum absolute atomic E-state index is 13.6. The number of rotatable bonds is 8. The summed E-state index contributed by atoms with van der Waals surface area (Å²) in [5, 5.41) is 0.0162. The minimum Gasteiger partial charge on any atom is -0.469 e. The number of hydrogen-bond donors (Lipinski definition) is 1. The van der Waals surface area contributed by atoms with E-state index in [-0.39, 0.29) is 28.5 Å². The molecule has 180 valence electrons. The van der Waals surface area contributed by atoms with Crippen LogP contribution in [-0.2, 0) is 25.7 Å². The number of carbonyl (C=O) groups is 1. The van der Waals surface area contributed by atoms with Crippen LogP contribution in [-0.4, -0.2) is 37.2 Å². The van der Waals surface area contributed by atoms with Gasteiger partial charge in [-0.15, -0.1) is 11.8 Å². The summed E-state index contributed by atoms with van der Waals surface area (Å²) in [5.41, 5.74) is -0.574. The Kier molecular flexibility index (Phi) is 7.82. The normalized spacial score (nSPS) is 11.8. The van der Waals surface area contributed by atoms with E-state index in [1.165, 1.54) is 25.3 Å². The summed E-state index contributed by atoms with van der Waals surface area (Å²) >= 11 is 1.16. The largest absolute Gasteiger partial charge is 0.469 e. The molecular formula is C22H20F3N3O4S2. The van der Waals surface area contributed by atoms with Crippen molar-refractivity contribution in [2.75, 3.05) is 17.6 Å². The van der Waals surface area contributed by atoms with Gasteiger partial charge in [0, 0.05) is 11.3 Å². The summed E-state index contributed by atoms with van der Waals surface area (Å²) in [4.78, 5) is 19.3. The number of anilines is 1. The number of aromatic nitrogens is 2. The Bertz CT molecular complexity index is 1300. The molecule has 1 aromatic carbocycles. The van der Waals surface area contributed by atoms with E-state index in [1.807, 2.05) is 0 Å². The number of pyridine rings is 2. The molecule has 2 aromatic heterocycles. The standard InChI is InChI=1S/C22H20F3N3O4S2/c1-14-6-3-4-7-15(14)21-16(22(23,24)25)10-11-17(26-21)28-34(30,31)19-9-5-8-18(27-19)33-13-12-20(29)32-2/h3-11H,12-13H2,1-2H3,(H,26,28). The number of nitrogens with zero attached hydrogens (tertiary/aromatic N) is 2. The maximum atomic E-state index is 13.6. The summed E-state index contributed by atoms with van der Waals surface area (Å²) in [6, 6.07) is 12.4. The second-order valence-electron chi connectivity index (χ2n) is 7.00. The molecule has 3 rings (SSSR count). The lowest BCUT2D eigenvalue weighted by Crippen LogP contribution is -2.17. The van der Waals surface area contributed by atoms with Crippen molar-refractivity contribution in [1.29, 1.82) is 0 Å². The van der Waals surface area contributed by atoms with Gasteiger partial charge in [-0.05, 0) is 36.8 Å². The van der Waals surface area contributed by atoms with Crippen molar-refractivity contribution in [3.05, 3.63) is 65.7 Å². The maximum Gasteiger partial charge on any atom is 0.418 e. The van der Waals surface area contributed by atoms with Gasteiger partial charge in [-0.3, -0.25) is 9.52 Å². The van der Waals surface area contributed by atoms with Crippen LogP contribution in [0, 0.1) is 6.92 Å². The van der Waals surface area contributed by atoms with Gasteiger partial charge in [-0.25, -0.2) is 9.97 Å². The molecule has 3 aromatic rings. The zero-order chi connectivity index (χ0) is 24.9. The van der Waals surface area contributed by atoms with Crippen LogP contribution < -0.4 is 4.72 Å². The molecule has 0 fully saturated rings. The number of halogens is 3. The summed E-state index contributed by atoms with van der Waals surface area (Å²) in [7, 11) is -2.98. The van der Waals surface area contributed by atoms with Gasteiger partial charge in [-0.1, -0.05) is 30.3 Å². The van der Waals surface area contributed by atoms with E-state index in [0.717, 1.165) is 23.9 Å². The molecule has 0 aliphatic rings. The highest BCUT2D eigenvalue weighted by atomic mass is 32.2. The predicted octanol–water partition coefficient (Wildman–Crippen LogP) is 4.93. The molecule has 0 spiro atoms. The van der Waals surface area contributed by atoms with Gasteiger partial charge in [0.2, 0.25) is 0 Å². The quantitative estimate of drug-likeness (QED) is 0.338. The van der Waals surface area contributed by atoms with E-state index in [2.05, 4.69) is 19.4 Å². The fraction of sp³-hybridized carbons (Fsp3) is 0.227. The highest BCUT2D eigenvalue weighted by Crippen LogP contribution is 2.38. The molecule has 0 unspecified atom stereocenters. The molecule has 0 saturated carbocycles. The molecule has 0 atom stereocenters.